The molecule has 1 heterocycles. The summed E-state index contributed by atoms with van der Waals surface area (Å²) in [7, 11) is 2.16. The van der Waals surface area contributed by atoms with Crippen LogP contribution in [0.5, 0.6) is 0 Å². The number of pyridine rings is 1. The lowest BCUT2D eigenvalue weighted by atomic mass is 9.77. The van der Waals surface area contributed by atoms with Gasteiger partial charge in [-0.3, -0.25) is 0 Å². The highest BCUT2D eigenvalue weighted by Gasteiger charge is 2.30. The van der Waals surface area contributed by atoms with Crippen LogP contribution in [-0.4, -0.2) is 0 Å². The number of hydrogen-bond donors (Lipinski definition) is 0. The number of nitrogens with zero attached hydrogens (tertiary/aromatic N) is 1. The van der Waals surface area contributed by atoms with E-state index in [1.165, 1.54) is 71.2 Å². The van der Waals surface area contributed by atoms with Crippen molar-refractivity contribution in [2.75, 3.05) is 0 Å². The minimum Gasteiger partial charge on any atom is -0.201 e. The summed E-state index contributed by atoms with van der Waals surface area (Å²) in [4.78, 5) is 0. The van der Waals surface area contributed by atoms with Gasteiger partial charge in [0.05, 0.1) is 5.56 Å². The lowest BCUT2D eigenvalue weighted by Crippen LogP contribution is -2.31. The molecule has 1 nitrogen and oxygen atoms in total. The van der Waals surface area contributed by atoms with Gasteiger partial charge in [0.2, 0.25) is 5.69 Å². The maximum atomic E-state index is 9.34. The minimum absolute atomic E-state index is 0.431. The molecule has 0 unspecified atom stereocenters. The third-order valence-corrected chi connectivity index (χ3v) is 8.02. The van der Waals surface area contributed by atoms with Gasteiger partial charge in [0.15, 0.2) is 6.20 Å². The molecule has 0 saturated heterocycles. The molecule has 152 valence electrons. The van der Waals surface area contributed by atoms with E-state index in [1.54, 1.807) is 11.1 Å². The largest absolute Gasteiger partial charge is 0.213 e. The first-order chi connectivity index (χ1) is 15.0. The van der Waals surface area contributed by atoms with Crippen molar-refractivity contribution in [1.29, 1.82) is 0 Å². The van der Waals surface area contributed by atoms with E-state index in [4.69, 9.17) is 0 Å². The molecule has 4 aliphatic carbocycles. The fourth-order valence-corrected chi connectivity index (χ4v) is 6.29. The topological polar surface area (TPSA) is 3.88 Å². The average molecular weight is 396 g/mol. The van der Waals surface area contributed by atoms with Crippen LogP contribution in [0.2, 0.25) is 0 Å². The fourth-order valence-electron chi connectivity index (χ4n) is 6.29. The standard InChI is InChI=1S/C29H32N/c1-19-9-14-25-24-8-4-7-22-6-3-5-20-10-12-21(13-11-20)23-15-16-30(2)28(17-23)29(19)27(25)18-26(22)24/h4,7-9,14-17,20-21H,3,5-6,10-13,18H2,1-2H3/q+1/i21D. The van der Waals surface area contributed by atoms with E-state index in [9.17, 15) is 1.37 Å². The van der Waals surface area contributed by atoms with Gasteiger partial charge in [0.25, 0.3) is 0 Å². The predicted octanol–water partition coefficient (Wildman–Crippen LogP) is 6.67. The van der Waals surface area contributed by atoms with E-state index in [1.807, 2.05) is 0 Å². The van der Waals surface area contributed by atoms with Gasteiger partial charge < -0.3 is 0 Å². The van der Waals surface area contributed by atoms with Gasteiger partial charge in [0.1, 0.15) is 7.05 Å². The highest BCUT2D eigenvalue weighted by atomic mass is 14.9. The second-order valence-corrected chi connectivity index (χ2v) is 9.75. The van der Waals surface area contributed by atoms with Crippen LogP contribution < -0.4 is 4.57 Å². The Labute approximate surface area is 182 Å². The van der Waals surface area contributed by atoms with E-state index in [0.717, 1.165) is 25.2 Å². The summed E-state index contributed by atoms with van der Waals surface area (Å²) in [5.74, 6) is 0.364. The Morgan fingerprint density at radius 1 is 0.933 bits per heavy atom. The van der Waals surface area contributed by atoms with Crippen LogP contribution in [0.1, 0.15) is 73.6 Å². The molecule has 7 rings (SSSR count). The van der Waals surface area contributed by atoms with Crippen LogP contribution >= 0.6 is 0 Å². The van der Waals surface area contributed by atoms with E-state index >= 15 is 0 Å². The Bertz CT molecular complexity index is 1180. The third kappa shape index (κ3) is 2.86. The van der Waals surface area contributed by atoms with Gasteiger partial charge in [0, 0.05) is 13.5 Å². The van der Waals surface area contributed by atoms with Crippen LogP contribution in [0.15, 0.2) is 48.7 Å². The number of fused-ring (bicyclic) bond motifs is 5. The number of benzene rings is 2. The zero-order valence-electron chi connectivity index (χ0n) is 19.3. The minimum atomic E-state index is -0.431. The quantitative estimate of drug-likeness (QED) is 0.293. The van der Waals surface area contributed by atoms with Crippen LogP contribution in [0.4, 0.5) is 0 Å². The monoisotopic (exact) mass is 395 g/mol. The summed E-state index contributed by atoms with van der Waals surface area (Å²) < 4.78 is 11.6. The molecule has 0 atom stereocenters. The van der Waals surface area contributed by atoms with Crippen LogP contribution in [-0.2, 0) is 19.9 Å². The summed E-state index contributed by atoms with van der Waals surface area (Å²) in [6.45, 7) is 2.25. The molecule has 0 N–H and O–H groups in total. The van der Waals surface area contributed by atoms with E-state index in [2.05, 4.69) is 67.2 Å². The molecular formula is C29H32N+. The van der Waals surface area contributed by atoms with Crippen molar-refractivity contribution in [2.45, 2.75) is 64.2 Å². The molecule has 3 aromatic rings. The number of hydrogen-bond acceptors (Lipinski definition) is 0. The van der Waals surface area contributed by atoms with Gasteiger partial charge in [-0.05, 0) is 103 Å². The zero-order valence-corrected chi connectivity index (χ0v) is 18.3. The second-order valence-electron chi connectivity index (χ2n) is 9.75. The highest BCUT2D eigenvalue weighted by Crippen LogP contribution is 2.45. The first kappa shape index (κ1) is 17.3. The number of aryl methyl sites for hydroxylation is 3. The molecule has 1 saturated carbocycles. The van der Waals surface area contributed by atoms with Crippen LogP contribution in [0.3, 0.4) is 0 Å². The molecule has 4 aliphatic rings. The maximum absolute atomic E-state index is 9.34. The average Bonchev–Trinajstić information content (AvgIpc) is 3.14. The van der Waals surface area contributed by atoms with Crippen LogP contribution in [0, 0.1) is 12.8 Å². The molecule has 0 spiro atoms. The number of rotatable bonds is 0. The summed E-state index contributed by atoms with van der Waals surface area (Å²) in [6.07, 6.45) is 11.4. The summed E-state index contributed by atoms with van der Waals surface area (Å²) >= 11 is 0. The van der Waals surface area contributed by atoms with E-state index in [-0.39, 0.29) is 0 Å². The maximum Gasteiger partial charge on any atom is 0.213 e. The fraction of sp³-hybridized carbons (Fsp3) is 0.414. The Balaban J connectivity index is 1.61. The van der Waals surface area contributed by atoms with Crippen molar-refractivity contribution in [3.8, 4) is 22.4 Å². The predicted molar refractivity (Wildman–Crippen MR) is 124 cm³/mol. The van der Waals surface area contributed by atoms with Crippen LogP contribution in [0.25, 0.3) is 22.4 Å². The highest BCUT2D eigenvalue weighted by molar-refractivity contribution is 5.85. The van der Waals surface area contributed by atoms with Gasteiger partial charge in [-0.1, -0.05) is 36.8 Å². The molecule has 30 heavy (non-hydrogen) atoms. The Morgan fingerprint density at radius 2 is 1.77 bits per heavy atom. The smallest absolute Gasteiger partial charge is 0.201 e. The molecule has 6 bridgehead atoms. The van der Waals surface area contributed by atoms with Crippen molar-refractivity contribution >= 4 is 0 Å². The van der Waals surface area contributed by atoms with Crippen molar-refractivity contribution < 1.29 is 5.94 Å². The first-order valence-corrected chi connectivity index (χ1v) is 11.8. The molecule has 1 fully saturated rings. The molecule has 1 heteroatoms. The third-order valence-electron chi connectivity index (χ3n) is 8.02. The van der Waals surface area contributed by atoms with Gasteiger partial charge in [-0.15, -0.1) is 0 Å². The van der Waals surface area contributed by atoms with E-state index in [0.29, 0.717) is 0 Å². The lowest BCUT2D eigenvalue weighted by Gasteiger charge is -2.29. The summed E-state index contributed by atoms with van der Waals surface area (Å²) in [5.41, 5.74) is 12.6. The van der Waals surface area contributed by atoms with Crippen molar-refractivity contribution in [3.05, 3.63) is 76.5 Å². The summed E-state index contributed by atoms with van der Waals surface area (Å²) in [5, 5.41) is 0. The van der Waals surface area contributed by atoms with E-state index < -0.39 is 5.89 Å². The van der Waals surface area contributed by atoms with Crippen molar-refractivity contribution in [1.82, 2.24) is 0 Å². The first-order valence-electron chi connectivity index (χ1n) is 12.3. The van der Waals surface area contributed by atoms with Gasteiger partial charge in [-0.25, -0.2) is 4.57 Å². The SMILES string of the molecule is [2H]C12CCC(CCCc3cccc4c3Cc3c-4ccc(C)c3-c3cc1cc[n+]3C)CC2. The Morgan fingerprint density at radius 3 is 2.63 bits per heavy atom. The number of aromatic nitrogens is 1. The van der Waals surface area contributed by atoms with Gasteiger partial charge >= 0.3 is 0 Å². The molecule has 0 amide bonds. The normalized spacial score (nSPS) is 24.9. The summed E-state index contributed by atoms with van der Waals surface area (Å²) in [6, 6.07) is 16.1. The Hall–Kier alpha value is -2.41. The molecule has 0 radical (unpaired) electrons. The second kappa shape index (κ2) is 7.08. The van der Waals surface area contributed by atoms with Gasteiger partial charge in [-0.2, -0.15) is 0 Å². The zero-order chi connectivity index (χ0) is 21.2. The molecule has 1 aromatic heterocycles. The Kier molecular flexibility index (Phi) is 4.08. The lowest BCUT2D eigenvalue weighted by molar-refractivity contribution is -0.660. The molecular weight excluding hydrogens is 362 g/mol. The molecule has 2 aromatic carbocycles. The van der Waals surface area contributed by atoms with Crippen molar-refractivity contribution in [3.63, 3.8) is 0 Å². The molecule has 0 aliphatic heterocycles. The van der Waals surface area contributed by atoms with Crippen molar-refractivity contribution in [2.24, 2.45) is 13.0 Å².